The largest absolute Gasteiger partial charge is 0.367 e. The van der Waals surface area contributed by atoms with E-state index < -0.39 is 0 Å². The Morgan fingerprint density at radius 3 is 3.05 bits per heavy atom. The van der Waals surface area contributed by atoms with Gasteiger partial charge in [0.05, 0.1) is 17.4 Å². The van der Waals surface area contributed by atoms with Crippen molar-refractivity contribution in [3.8, 4) is 0 Å². The molecule has 3 rings (SSSR count). The number of rotatable bonds is 4. The van der Waals surface area contributed by atoms with E-state index in [1.165, 1.54) is 0 Å². The van der Waals surface area contributed by atoms with Gasteiger partial charge in [0, 0.05) is 18.9 Å². The molecule has 20 heavy (non-hydrogen) atoms. The van der Waals surface area contributed by atoms with Crippen molar-refractivity contribution in [1.82, 2.24) is 19.9 Å². The molecule has 0 saturated carbocycles. The van der Waals surface area contributed by atoms with Gasteiger partial charge in [0.25, 0.3) is 0 Å². The summed E-state index contributed by atoms with van der Waals surface area (Å²) < 4.78 is 1.89. The van der Waals surface area contributed by atoms with Crippen LogP contribution >= 0.6 is 0 Å². The maximum atomic E-state index is 12.2. The van der Waals surface area contributed by atoms with Crippen molar-refractivity contribution in [2.24, 2.45) is 0 Å². The molecule has 5 heteroatoms. The molecule has 2 heterocycles. The summed E-state index contributed by atoms with van der Waals surface area (Å²) >= 11 is 0. The number of nitrogens with zero attached hydrogens (tertiary/aromatic N) is 2. The van der Waals surface area contributed by atoms with Crippen LogP contribution in [0.4, 0.5) is 0 Å². The summed E-state index contributed by atoms with van der Waals surface area (Å²) in [5.41, 5.74) is 2.93. The minimum Gasteiger partial charge on any atom is -0.367 e. The van der Waals surface area contributed by atoms with Gasteiger partial charge in [-0.2, -0.15) is 0 Å². The highest BCUT2D eigenvalue weighted by Crippen LogP contribution is 2.17. The van der Waals surface area contributed by atoms with Crippen molar-refractivity contribution < 1.29 is 4.79 Å². The lowest BCUT2D eigenvalue weighted by Crippen LogP contribution is -2.30. The van der Waals surface area contributed by atoms with Crippen LogP contribution in [0.25, 0.3) is 11.0 Å². The van der Waals surface area contributed by atoms with Gasteiger partial charge >= 0.3 is 0 Å². The Labute approximate surface area is 116 Å². The van der Waals surface area contributed by atoms with Crippen LogP contribution in [0, 0.1) is 0 Å². The number of fused-ring (bicyclic) bond motifs is 1. The fourth-order valence-electron chi connectivity index (χ4n) is 2.22. The third kappa shape index (κ3) is 2.30. The molecular formula is C15H16N4O. The van der Waals surface area contributed by atoms with E-state index in [4.69, 9.17) is 0 Å². The number of benzene rings is 1. The fraction of sp³-hybridized carbons (Fsp3) is 0.200. The van der Waals surface area contributed by atoms with Gasteiger partial charge in [-0.25, -0.2) is 4.98 Å². The van der Waals surface area contributed by atoms with Crippen molar-refractivity contribution >= 4 is 16.9 Å². The van der Waals surface area contributed by atoms with E-state index in [0.29, 0.717) is 6.54 Å². The predicted octanol–water partition coefficient (Wildman–Crippen LogP) is 2.24. The van der Waals surface area contributed by atoms with E-state index in [2.05, 4.69) is 15.3 Å². The molecule has 2 N–H and O–H groups in total. The minimum absolute atomic E-state index is 0.0191. The van der Waals surface area contributed by atoms with Crippen molar-refractivity contribution in [3.05, 3.63) is 54.6 Å². The highest BCUT2D eigenvalue weighted by molar-refractivity contribution is 5.83. The van der Waals surface area contributed by atoms with Crippen LogP contribution in [0.5, 0.6) is 0 Å². The number of aromatic amines is 1. The monoisotopic (exact) mass is 268 g/mol. The molecule has 1 unspecified atom stereocenters. The molecule has 102 valence electrons. The van der Waals surface area contributed by atoms with E-state index in [-0.39, 0.29) is 11.9 Å². The first-order valence-corrected chi connectivity index (χ1v) is 6.56. The number of nitrogens with one attached hydrogen (secondary N) is 2. The third-order valence-electron chi connectivity index (χ3n) is 3.41. The Morgan fingerprint density at radius 2 is 2.25 bits per heavy atom. The Bertz CT molecular complexity index is 714. The summed E-state index contributed by atoms with van der Waals surface area (Å²) in [6.07, 6.45) is 5.43. The van der Waals surface area contributed by atoms with Gasteiger partial charge in [-0.3, -0.25) is 4.79 Å². The van der Waals surface area contributed by atoms with Gasteiger partial charge in [0.15, 0.2) is 0 Å². The van der Waals surface area contributed by atoms with Crippen LogP contribution in [-0.2, 0) is 11.3 Å². The van der Waals surface area contributed by atoms with Gasteiger partial charge < -0.3 is 14.9 Å². The van der Waals surface area contributed by atoms with E-state index in [0.717, 1.165) is 16.6 Å². The first kappa shape index (κ1) is 12.5. The Hall–Kier alpha value is -2.56. The van der Waals surface area contributed by atoms with E-state index >= 15 is 0 Å². The zero-order valence-corrected chi connectivity index (χ0v) is 11.2. The highest BCUT2D eigenvalue weighted by Gasteiger charge is 2.16. The highest BCUT2D eigenvalue weighted by atomic mass is 16.2. The molecule has 1 atom stereocenters. The summed E-state index contributed by atoms with van der Waals surface area (Å²) in [5, 5.41) is 2.93. The van der Waals surface area contributed by atoms with Gasteiger partial charge in [-0.15, -0.1) is 0 Å². The predicted molar refractivity (Wildman–Crippen MR) is 77.1 cm³/mol. The standard InChI is InChI=1S/C15H16N4O/c1-11(15(20)17-9-12-6-7-16-8-12)19-10-18-13-4-2-3-5-14(13)19/h2-8,10-11,16H,9H2,1H3,(H,17,20). The lowest BCUT2D eigenvalue weighted by Gasteiger charge is -2.14. The van der Waals surface area contributed by atoms with E-state index in [1.807, 2.05) is 54.2 Å². The normalized spacial score (nSPS) is 12.4. The van der Waals surface area contributed by atoms with Crippen LogP contribution in [-0.4, -0.2) is 20.4 Å². The molecule has 0 aliphatic carbocycles. The van der Waals surface area contributed by atoms with Crippen molar-refractivity contribution in [2.45, 2.75) is 19.5 Å². The molecule has 0 aliphatic rings. The number of aromatic nitrogens is 3. The molecule has 5 nitrogen and oxygen atoms in total. The number of hydrogen-bond donors (Lipinski definition) is 2. The number of H-pyrrole nitrogens is 1. The number of hydrogen-bond acceptors (Lipinski definition) is 2. The topological polar surface area (TPSA) is 62.7 Å². The summed E-state index contributed by atoms with van der Waals surface area (Å²) in [4.78, 5) is 19.5. The lowest BCUT2D eigenvalue weighted by atomic mass is 10.2. The fourth-order valence-corrected chi connectivity index (χ4v) is 2.22. The Morgan fingerprint density at radius 1 is 1.40 bits per heavy atom. The summed E-state index contributed by atoms with van der Waals surface area (Å²) in [5.74, 6) is -0.0191. The average Bonchev–Trinajstić information content (AvgIpc) is 3.13. The Kier molecular flexibility index (Phi) is 3.25. The van der Waals surface area contributed by atoms with Gasteiger partial charge in [-0.05, 0) is 30.7 Å². The molecule has 0 radical (unpaired) electrons. The molecule has 0 bridgehead atoms. The molecule has 0 fully saturated rings. The molecule has 0 spiro atoms. The second-order valence-corrected chi connectivity index (χ2v) is 4.75. The summed E-state index contributed by atoms with van der Waals surface area (Å²) in [7, 11) is 0. The Balaban J connectivity index is 1.74. The van der Waals surface area contributed by atoms with Gasteiger partial charge in [-0.1, -0.05) is 12.1 Å². The first-order valence-electron chi connectivity index (χ1n) is 6.56. The second-order valence-electron chi connectivity index (χ2n) is 4.75. The van der Waals surface area contributed by atoms with Crippen LogP contribution in [0.15, 0.2) is 49.1 Å². The molecule has 0 saturated heterocycles. The molecule has 0 aliphatic heterocycles. The van der Waals surface area contributed by atoms with Crippen LogP contribution in [0.3, 0.4) is 0 Å². The van der Waals surface area contributed by atoms with Crippen LogP contribution in [0.2, 0.25) is 0 Å². The van der Waals surface area contributed by atoms with Gasteiger partial charge in [0.2, 0.25) is 5.91 Å². The molecule has 2 aromatic heterocycles. The molecule has 3 aromatic rings. The molecule has 1 amide bonds. The smallest absolute Gasteiger partial charge is 0.243 e. The average molecular weight is 268 g/mol. The van der Waals surface area contributed by atoms with Crippen molar-refractivity contribution in [2.75, 3.05) is 0 Å². The zero-order valence-electron chi connectivity index (χ0n) is 11.2. The maximum Gasteiger partial charge on any atom is 0.243 e. The number of carbonyl (C=O) groups excluding carboxylic acids is 1. The molecular weight excluding hydrogens is 252 g/mol. The minimum atomic E-state index is -0.290. The summed E-state index contributed by atoms with van der Waals surface area (Å²) in [6, 6.07) is 9.45. The number of amides is 1. The lowest BCUT2D eigenvalue weighted by molar-refractivity contribution is -0.123. The number of imidazole rings is 1. The van der Waals surface area contributed by atoms with Crippen molar-refractivity contribution in [1.29, 1.82) is 0 Å². The maximum absolute atomic E-state index is 12.2. The summed E-state index contributed by atoms with van der Waals surface area (Å²) in [6.45, 7) is 2.40. The van der Waals surface area contributed by atoms with Crippen LogP contribution in [0.1, 0.15) is 18.5 Å². The SMILES string of the molecule is CC(C(=O)NCc1cc[nH]c1)n1cnc2ccccc21. The second kappa shape index (κ2) is 5.21. The third-order valence-corrected chi connectivity index (χ3v) is 3.41. The van der Waals surface area contributed by atoms with Gasteiger partial charge in [0.1, 0.15) is 6.04 Å². The molecule has 1 aromatic carbocycles. The number of para-hydroxylation sites is 2. The zero-order chi connectivity index (χ0) is 13.9. The van der Waals surface area contributed by atoms with E-state index in [1.54, 1.807) is 6.33 Å². The number of carbonyl (C=O) groups is 1. The first-order chi connectivity index (χ1) is 9.75. The quantitative estimate of drug-likeness (QED) is 0.762. The van der Waals surface area contributed by atoms with Crippen molar-refractivity contribution in [3.63, 3.8) is 0 Å². The van der Waals surface area contributed by atoms with Crippen LogP contribution < -0.4 is 5.32 Å². The van der Waals surface area contributed by atoms with E-state index in [9.17, 15) is 4.79 Å².